The van der Waals surface area contributed by atoms with Gasteiger partial charge in [-0.15, -0.1) is 0 Å². The number of ether oxygens (including phenoxy) is 1. The Kier molecular flexibility index (Phi) is 7.38. The zero-order chi connectivity index (χ0) is 23.9. The van der Waals surface area contributed by atoms with Crippen molar-refractivity contribution >= 4 is 23.6 Å². The summed E-state index contributed by atoms with van der Waals surface area (Å²) in [7, 11) is 0. The molecule has 0 atom stereocenters. The van der Waals surface area contributed by atoms with E-state index in [4.69, 9.17) is 9.72 Å². The van der Waals surface area contributed by atoms with Crippen molar-refractivity contribution in [2.75, 3.05) is 10.0 Å². The van der Waals surface area contributed by atoms with Gasteiger partial charge >= 0.3 is 0 Å². The lowest BCUT2D eigenvalue weighted by atomic mass is 9.96. The van der Waals surface area contributed by atoms with E-state index in [0.29, 0.717) is 40.4 Å². The molecule has 8 heteroatoms. The standard InChI is InChI=1S/C27H26FN5OS/c28-23-17-20(11-12-25(23)33-35-21-9-5-2-6-10-21)34-26-14-15-29-18-22(26)24-13-16-30-27(32-24)31-19-7-3-1-4-8-19/h2,5-6,9-19,33H,1,3-4,7-8H2,(H,30,31,32). The van der Waals surface area contributed by atoms with E-state index >= 15 is 0 Å². The van der Waals surface area contributed by atoms with Crippen LogP contribution in [0.25, 0.3) is 11.3 Å². The summed E-state index contributed by atoms with van der Waals surface area (Å²) in [5.41, 5.74) is 1.79. The van der Waals surface area contributed by atoms with Gasteiger partial charge in [-0.05, 0) is 61.2 Å². The molecule has 1 fully saturated rings. The third kappa shape index (κ3) is 6.08. The summed E-state index contributed by atoms with van der Waals surface area (Å²) in [5, 5.41) is 3.46. The summed E-state index contributed by atoms with van der Waals surface area (Å²) in [6, 6.07) is 18.5. The molecule has 2 aromatic carbocycles. The SMILES string of the molecule is Fc1cc(Oc2ccncc2-c2ccnc(NC3CCCCC3)n2)ccc1NSc1ccccc1. The maximum absolute atomic E-state index is 14.8. The summed E-state index contributed by atoms with van der Waals surface area (Å²) in [4.78, 5) is 14.3. The highest BCUT2D eigenvalue weighted by molar-refractivity contribution is 8.00. The van der Waals surface area contributed by atoms with Gasteiger partial charge in [0.05, 0.1) is 16.9 Å². The summed E-state index contributed by atoms with van der Waals surface area (Å²) < 4.78 is 23.9. The van der Waals surface area contributed by atoms with E-state index < -0.39 is 5.82 Å². The fourth-order valence-electron chi connectivity index (χ4n) is 4.04. The maximum Gasteiger partial charge on any atom is 0.223 e. The first-order chi connectivity index (χ1) is 17.2. The molecule has 2 heterocycles. The van der Waals surface area contributed by atoms with Gasteiger partial charge in [-0.1, -0.05) is 37.5 Å². The van der Waals surface area contributed by atoms with Crippen LogP contribution in [-0.4, -0.2) is 21.0 Å². The Morgan fingerprint density at radius 3 is 2.63 bits per heavy atom. The van der Waals surface area contributed by atoms with Crippen LogP contribution < -0.4 is 14.8 Å². The molecule has 35 heavy (non-hydrogen) atoms. The maximum atomic E-state index is 14.8. The minimum absolute atomic E-state index is 0.385. The molecule has 6 nitrogen and oxygen atoms in total. The molecular weight excluding hydrogens is 461 g/mol. The van der Waals surface area contributed by atoms with Crippen molar-refractivity contribution in [3.63, 3.8) is 0 Å². The van der Waals surface area contributed by atoms with Gasteiger partial charge in [0.15, 0.2) is 5.82 Å². The number of rotatable bonds is 8. The van der Waals surface area contributed by atoms with Crippen LogP contribution in [0.4, 0.5) is 16.0 Å². The third-order valence-electron chi connectivity index (χ3n) is 5.84. The molecule has 1 aliphatic rings. The second kappa shape index (κ2) is 11.2. The molecule has 0 spiro atoms. The first kappa shape index (κ1) is 23.1. The molecule has 0 unspecified atom stereocenters. The van der Waals surface area contributed by atoms with Crippen molar-refractivity contribution in [2.24, 2.45) is 0 Å². The Hall–Kier alpha value is -3.65. The minimum atomic E-state index is -0.400. The molecule has 2 aromatic heterocycles. The molecule has 0 bridgehead atoms. The first-order valence-corrected chi connectivity index (χ1v) is 12.6. The Bertz CT molecular complexity index is 1270. The summed E-state index contributed by atoms with van der Waals surface area (Å²) in [5.74, 6) is 1.13. The lowest BCUT2D eigenvalue weighted by Gasteiger charge is -2.22. The van der Waals surface area contributed by atoms with E-state index in [1.165, 1.54) is 37.3 Å². The van der Waals surface area contributed by atoms with Gasteiger partial charge in [0.2, 0.25) is 5.95 Å². The lowest BCUT2D eigenvalue weighted by molar-refractivity contribution is 0.461. The summed E-state index contributed by atoms with van der Waals surface area (Å²) >= 11 is 1.35. The fraction of sp³-hybridized carbons (Fsp3) is 0.222. The number of pyridine rings is 1. The average Bonchev–Trinajstić information content (AvgIpc) is 2.90. The van der Waals surface area contributed by atoms with Gasteiger partial charge in [0.1, 0.15) is 11.5 Å². The number of nitrogens with zero attached hydrogens (tertiary/aromatic N) is 3. The van der Waals surface area contributed by atoms with Crippen LogP contribution >= 0.6 is 11.9 Å². The van der Waals surface area contributed by atoms with Gasteiger partial charge in [0.25, 0.3) is 0 Å². The van der Waals surface area contributed by atoms with E-state index in [1.54, 1.807) is 36.8 Å². The van der Waals surface area contributed by atoms with Crippen LogP contribution in [0.1, 0.15) is 32.1 Å². The molecule has 0 aliphatic heterocycles. The smallest absolute Gasteiger partial charge is 0.223 e. The van der Waals surface area contributed by atoms with Crippen LogP contribution in [0.5, 0.6) is 11.5 Å². The van der Waals surface area contributed by atoms with Crippen LogP contribution in [0.3, 0.4) is 0 Å². The predicted octanol–water partition coefficient (Wildman–Crippen LogP) is 7.33. The molecular formula is C27H26FN5OS. The summed E-state index contributed by atoms with van der Waals surface area (Å²) in [6.07, 6.45) is 11.1. The van der Waals surface area contributed by atoms with E-state index in [1.807, 2.05) is 36.4 Å². The Morgan fingerprint density at radius 1 is 0.943 bits per heavy atom. The topological polar surface area (TPSA) is 72.0 Å². The molecule has 2 N–H and O–H groups in total. The number of anilines is 2. The monoisotopic (exact) mass is 487 g/mol. The van der Waals surface area contributed by atoms with Crippen molar-refractivity contribution < 1.29 is 9.13 Å². The van der Waals surface area contributed by atoms with Crippen LogP contribution in [0, 0.1) is 5.82 Å². The Morgan fingerprint density at radius 2 is 1.80 bits per heavy atom. The van der Waals surface area contributed by atoms with Gasteiger partial charge < -0.3 is 14.8 Å². The number of benzene rings is 2. The molecule has 5 rings (SSSR count). The van der Waals surface area contributed by atoms with E-state index in [0.717, 1.165) is 17.7 Å². The van der Waals surface area contributed by atoms with Gasteiger partial charge in [-0.3, -0.25) is 4.98 Å². The molecule has 0 amide bonds. The Balaban J connectivity index is 1.30. The molecule has 4 aromatic rings. The zero-order valence-corrected chi connectivity index (χ0v) is 20.0. The lowest BCUT2D eigenvalue weighted by Crippen LogP contribution is -2.23. The van der Waals surface area contributed by atoms with Crippen molar-refractivity contribution in [3.8, 4) is 22.8 Å². The van der Waals surface area contributed by atoms with E-state index in [2.05, 4.69) is 20.0 Å². The number of nitrogens with one attached hydrogen (secondary N) is 2. The molecule has 0 radical (unpaired) electrons. The normalized spacial score (nSPS) is 13.9. The molecule has 0 saturated heterocycles. The van der Waals surface area contributed by atoms with Crippen LogP contribution in [0.2, 0.25) is 0 Å². The van der Waals surface area contributed by atoms with Crippen molar-refractivity contribution in [1.29, 1.82) is 0 Å². The number of halogens is 1. The second-order valence-electron chi connectivity index (χ2n) is 8.38. The van der Waals surface area contributed by atoms with E-state index in [9.17, 15) is 4.39 Å². The Labute approximate surface area is 208 Å². The van der Waals surface area contributed by atoms with Crippen molar-refractivity contribution in [1.82, 2.24) is 15.0 Å². The van der Waals surface area contributed by atoms with Crippen molar-refractivity contribution in [3.05, 3.63) is 85.1 Å². The third-order valence-corrected chi connectivity index (χ3v) is 6.67. The summed E-state index contributed by atoms with van der Waals surface area (Å²) in [6.45, 7) is 0. The van der Waals surface area contributed by atoms with E-state index in [-0.39, 0.29) is 0 Å². The highest BCUT2D eigenvalue weighted by Gasteiger charge is 2.16. The van der Waals surface area contributed by atoms with Gasteiger partial charge in [-0.25, -0.2) is 14.4 Å². The minimum Gasteiger partial charge on any atom is -0.456 e. The number of aromatic nitrogens is 3. The van der Waals surface area contributed by atoms with Gasteiger partial charge in [-0.2, -0.15) is 0 Å². The largest absolute Gasteiger partial charge is 0.456 e. The number of hydrogen-bond donors (Lipinski definition) is 2. The number of hydrogen-bond acceptors (Lipinski definition) is 7. The van der Waals surface area contributed by atoms with Crippen molar-refractivity contribution in [2.45, 2.75) is 43.0 Å². The highest BCUT2D eigenvalue weighted by Crippen LogP contribution is 2.34. The predicted molar refractivity (Wildman–Crippen MR) is 138 cm³/mol. The van der Waals surface area contributed by atoms with Gasteiger partial charge in [0, 0.05) is 35.6 Å². The van der Waals surface area contributed by atoms with Crippen LogP contribution in [0.15, 0.2) is 84.1 Å². The van der Waals surface area contributed by atoms with Crippen LogP contribution in [-0.2, 0) is 0 Å². The highest BCUT2D eigenvalue weighted by atomic mass is 32.2. The average molecular weight is 488 g/mol. The molecule has 178 valence electrons. The fourth-order valence-corrected chi connectivity index (χ4v) is 4.73. The molecule has 1 aliphatic carbocycles. The second-order valence-corrected chi connectivity index (χ2v) is 9.26. The first-order valence-electron chi connectivity index (χ1n) is 11.7. The molecule has 1 saturated carbocycles. The quantitative estimate of drug-likeness (QED) is 0.252. The zero-order valence-electron chi connectivity index (χ0n) is 19.2.